The van der Waals surface area contributed by atoms with Crippen LogP contribution in [0, 0.1) is 11.3 Å². The first-order chi connectivity index (χ1) is 21.7. The Morgan fingerprint density at radius 2 is 1.87 bits per heavy atom. The molecule has 0 aromatic heterocycles. The average Bonchev–Trinajstić information content (AvgIpc) is 3.03. The van der Waals surface area contributed by atoms with Gasteiger partial charge in [-0.15, -0.1) is 0 Å². The summed E-state index contributed by atoms with van der Waals surface area (Å²) < 4.78 is 22.4. The molecule has 3 aromatic carbocycles. The predicted molar refractivity (Wildman–Crippen MR) is 166 cm³/mol. The molecule has 0 saturated heterocycles. The van der Waals surface area contributed by atoms with Gasteiger partial charge in [-0.25, -0.2) is 9.59 Å². The van der Waals surface area contributed by atoms with Gasteiger partial charge in [0.25, 0.3) is 0 Å². The Bertz CT molecular complexity index is 1640. The van der Waals surface area contributed by atoms with E-state index in [9.17, 15) is 14.7 Å². The first-order valence-corrected chi connectivity index (χ1v) is 14.2. The zero-order valence-electron chi connectivity index (χ0n) is 24.8. The Labute approximate surface area is 265 Å². The van der Waals surface area contributed by atoms with Gasteiger partial charge in [-0.05, 0) is 67.4 Å². The van der Waals surface area contributed by atoms with E-state index in [0.29, 0.717) is 51.3 Å². The molecule has 1 aliphatic rings. The van der Waals surface area contributed by atoms with Gasteiger partial charge in [-0.2, -0.15) is 10.4 Å². The molecule has 0 fully saturated rings. The first-order valence-electron chi connectivity index (χ1n) is 13.9. The number of nitrogens with zero attached hydrogens (tertiary/aromatic N) is 2. The lowest BCUT2D eigenvalue weighted by molar-refractivity contribution is -0.136. The van der Waals surface area contributed by atoms with Crippen molar-refractivity contribution in [1.82, 2.24) is 16.1 Å². The molecule has 45 heavy (non-hydrogen) atoms. The molecule has 3 aromatic rings. The number of benzene rings is 3. The number of aliphatic hydroxyl groups is 1. The van der Waals surface area contributed by atoms with Gasteiger partial charge in [0.05, 0.1) is 43.2 Å². The molecule has 0 spiro atoms. The number of ether oxygens (including phenoxy) is 4. The lowest BCUT2D eigenvalue weighted by atomic mass is 9.95. The highest BCUT2D eigenvalue weighted by Crippen LogP contribution is 2.35. The third kappa shape index (κ3) is 8.66. The number of allylic oxidation sites excluding steroid dienone is 1. The molecule has 13 heteroatoms. The summed E-state index contributed by atoms with van der Waals surface area (Å²) in [6.45, 7) is 3.81. The van der Waals surface area contributed by atoms with Gasteiger partial charge in [-0.3, -0.25) is 5.43 Å². The van der Waals surface area contributed by atoms with E-state index in [1.54, 1.807) is 62.4 Å². The van der Waals surface area contributed by atoms with Crippen LogP contribution in [0.3, 0.4) is 0 Å². The number of halogens is 1. The third-order valence-corrected chi connectivity index (χ3v) is 6.78. The van der Waals surface area contributed by atoms with Crippen LogP contribution in [0.25, 0.3) is 0 Å². The summed E-state index contributed by atoms with van der Waals surface area (Å²) in [5, 5.41) is 29.4. The zero-order chi connectivity index (χ0) is 32.3. The minimum Gasteiger partial charge on any atom is -0.490 e. The zero-order valence-corrected chi connectivity index (χ0v) is 25.6. The van der Waals surface area contributed by atoms with E-state index in [1.165, 1.54) is 13.3 Å². The highest BCUT2D eigenvalue weighted by molar-refractivity contribution is 6.30. The smallest absolute Gasteiger partial charge is 0.337 e. The molecule has 0 bridgehead atoms. The summed E-state index contributed by atoms with van der Waals surface area (Å²) in [6, 6.07) is 17.9. The molecule has 2 atom stereocenters. The minimum absolute atomic E-state index is 0.190. The molecule has 12 nitrogen and oxygen atoms in total. The number of hydrogen-bond donors (Lipinski definition) is 4. The van der Waals surface area contributed by atoms with Crippen molar-refractivity contribution in [2.24, 2.45) is 5.10 Å². The Kier molecular flexibility index (Phi) is 11.2. The maximum absolute atomic E-state index is 12.5. The van der Waals surface area contributed by atoms with Crippen molar-refractivity contribution in [3.8, 4) is 23.3 Å². The number of carbonyl (C=O) groups excluding carboxylic acids is 2. The highest BCUT2D eigenvalue weighted by Gasteiger charge is 2.32. The summed E-state index contributed by atoms with van der Waals surface area (Å²) >= 11 is 6.17. The third-order valence-electron chi connectivity index (χ3n) is 6.55. The second kappa shape index (κ2) is 15.5. The van der Waals surface area contributed by atoms with Crippen LogP contribution < -0.4 is 30.3 Å². The SMILES string of the molecule is CCOc1cc([C@H]2NC(=O)NC(C)=C2C(=O)OC)ccc1OC[C@H](O)N/N=C/c1cc(Cl)ccc1OCc1ccc(C#N)cc1. The molecule has 0 saturated carbocycles. The average molecular weight is 634 g/mol. The first kappa shape index (κ1) is 32.7. The molecule has 2 amide bonds. The van der Waals surface area contributed by atoms with E-state index < -0.39 is 24.3 Å². The number of urea groups is 1. The molecule has 234 valence electrons. The number of hydrazone groups is 1. The summed E-state index contributed by atoms with van der Waals surface area (Å²) in [6.07, 6.45) is 0.267. The normalized spacial score (nSPS) is 15.0. The van der Waals surface area contributed by atoms with Crippen molar-refractivity contribution in [3.63, 3.8) is 0 Å². The number of esters is 1. The van der Waals surface area contributed by atoms with Crippen molar-refractivity contribution in [3.05, 3.63) is 99.2 Å². The lowest BCUT2D eigenvalue weighted by Crippen LogP contribution is -2.45. The largest absolute Gasteiger partial charge is 0.490 e. The minimum atomic E-state index is -1.20. The van der Waals surface area contributed by atoms with E-state index in [2.05, 4.69) is 27.2 Å². The van der Waals surface area contributed by atoms with E-state index >= 15 is 0 Å². The van der Waals surface area contributed by atoms with E-state index in [0.717, 1.165) is 5.56 Å². The Morgan fingerprint density at radius 3 is 2.58 bits per heavy atom. The van der Waals surface area contributed by atoms with Crippen LogP contribution in [0.15, 0.2) is 77.0 Å². The topological polar surface area (TPSA) is 164 Å². The highest BCUT2D eigenvalue weighted by atomic mass is 35.5. The van der Waals surface area contributed by atoms with Crippen LogP contribution in [-0.2, 0) is 16.1 Å². The van der Waals surface area contributed by atoms with Crippen LogP contribution >= 0.6 is 11.6 Å². The molecule has 0 unspecified atom stereocenters. The van der Waals surface area contributed by atoms with E-state index in [1.807, 2.05) is 12.1 Å². The van der Waals surface area contributed by atoms with Crippen LogP contribution in [0.2, 0.25) is 5.02 Å². The van der Waals surface area contributed by atoms with Gasteiger partial charge >= 0.3 is 12.0 Å². The summed E-state index contributed by atoms with van der Waals surface area (Å²) in [4.78, 5) is 24.6. The number of nitrogens with one attached hydrogen (secondary N) is 3. The number of methoxy groups -OCH3 is 1. The Morgan fingerprint density at radius 1 is 1.11 bits per heavy atom. The van der Waals surface area contributed by atoms with Crippen LogP contribution in [0.4, 0.5) is 4.79 Å². The van der Waals surface area contributed by atoms with Crippen molar-refractivity contribution in [2.45, 2.75) is 32.7 Å². The Balaban J connectivity index is 1.40. The van der Waals surface area contributed by atoms with Crippen molar-refractivity contribution >= 4 is 29.8 Å². The number of nitriles is 1. The second-order valence-electron chi connectivity index (χ2n) is 9.69. The van der Waals surface area contributed by atoms with Crippen LogP contribution in [0.1, 0.15) is 42.1 Å². The molecule has 0 aliphatic carbocycles. The van der Waals surface area contributed by atoms with E-state index in [-0.39, 0.29) is 18.8 Å². The number of rotatable bonds is 13. The molecule has 1 heterocycles. The van der Waals surface area contributed by atoms with Crippen LogP contribution in [-0.4, -0.2) is 49.9 Å². The van der Waals surface area contributed by atoms with E-state index in [4.69, 9.17) is 35.8 Å². The predicted octanol–water partition coefficient (Wildman–Crippen LogP) is 4.31. The van der Waals surface area contributed by atoms with Gasteiger partial charge in [0.15, 0.2) is 17.7 Å². The number of hydrogen-bond acceptors (Lipinski definition) is 10. The number of amides is 2. The Hall–Kier alpha value is -5.25. The maximum Gasteiger partial charge on any atom is 0.337 e. The lowest BCUT2D eigenvalue weighted by Gasteiger charge is -2.28. The van der Waals surface area contributed by atoms with Gasteiger partial charge in [0.2, 0.25) is 0 Å². The van der Waals surface area contributed by atoms with Crippen molar-refractivity contribution < 1.29 is 33.6 Å². The maximum atomic E-state index is 12.5. The van der Waals surface area contributed by atoms with Gasteiger partial charge in [-0.1, -0.05) is 29.8 Å². The fourth-order valence-electron chi connectivity index (χ4n) is 4.40. The molecular weight excluding hydrogens is 602 g/mol. The van der Waals surface area contributed by atoms with Crippen molar-refractivity contribution in [1.29, 1.82) is 5.26 Å². The van der Waals surface area contributed by atoms with Gasteiger partial charge in [0, 0.05) is 16.3 Å². The molecule has 1 aliphatic heterocycles. The monoisotopic (exact) mass is 633 g/mol. The molecular formula is C32H32ClN5O7. The van der Waals surface area contributed by atoms with Gasteiger partial charge in [0.1, 0.15) is 19.0 Å². The summed E-state index contributed by atoms with van der Waals surface area (Å²) in [5.74, 6) is 0.621. The molecule has 4 N–H and O–H groups in total. The number of aliphatic hydroxyl groups excluding tert-OH is 1. The summed E-state index contributed by atoms with van der Waals surface area (Å²) in [5.41, 5.74) is 5.83. The quantitative estimate of drug-likeness (QED) is 0.0929. The fourth-order valence-corrected chi connectivity index (χ4v) is 4.58. The van der Waals surface area contributed by atoms with Crippen molar-refractivity contribution in [2.75, 3.05) is 20.3 Å². The summed E-state index contributed by atoms with van der Waals surface area (Å²) in [7, 11) is 1.27. The fraction of sp³-hybridized carbons (Fsp3) is 0.250. The van der Waals surface area contributed by atoms with Crippen LogP contribution in [0.5, 0.6) is 17.2 Å². The second-order valence-corrected chi connectivity index (χ2v) is 10.1. The van der Waals surface area contributed by atoms with Gasteiger partial charge < -0.3 is 34.7 Å². The standard InChI is InChI=1S/C32H32ClN5O7/c1-4-43-27-14-22(30-29(31(40)42-3)19(2)36-32(41)37-30)9-11-26(27)45-18-28(39)38-35-16-23-13-24(33)10-12-25(23)44-17-21-7-5-20(15-34)6-8-21/h5-14,16,28,30,38-39H,4,17-18H2,1-3H3,(H2,36,37,41)/b35-16+/t28-,30+/m0/s1. The molecule has 0 radical (unpaired) electrons. The molecule has 4 rings (SSSR count). The number of carbonyl (C=O) groups is 2.